The zero-order valence-corrected chi connectivity index (χ0v) is 12.5. The van der Waals surface area contributed by atoms with Crippen molar-refractivity contribution in [3.63, 3.8) is 0 Å². The molecule has 1 aromatic heterocycles. The SMILES string of the molecule is CCN(CC)CCc1noc(-c2c(N)cccc2Cl)n1. The molecule has 2 N–H and O–H groups in total. The first-order valence-corrected chi connectivity index (χ1v) is 7.12. The molecule has 2 rings (SSSR count). The molecule has 0 fully saturated rings. The second kappa shape index (κ2) is 6.72. The summed E-state index contributed by atoms with van der Waals surface area (Å²) in [6.07, 6.45) is 0.746. The van der Waals surface area contributed by atoms with E-state index in [1.54, 1.807) is 18.2 Å². The highest BCUT2D eigenvalue weighted by Crippen LogP contribution is 2.31. The van der Waals surface area contributed by atoms with Crippen LogP contribution in [0.25, 0.3) is 11.5 Å². The van der Waals surface area contributed by atoms with Gasteiger partial charge in [0, 0.05) is 18.7 Å². The van der Waals surface area contributed by atoms with Crippen LogP contribution in [0.5, 0.6) is 0 Å². The summed E-state index contributed by atoms with van der Waals surface area (Å²) in [6, 6.07) is 5.31. The molecule has 2 aromatic rings. The zero-order valence-electron chi connectivity index (χ0n) is 11.8. The van der Waals surface area contributed by atoms with Crippen molar-refractivity contribution < 1.29 is 4.52 Å². The number of benzene rings is 1. The van der Waals surface area contributed by atoms with Gasteiger partial charge in [0.2, 0.25) is 0 Å². The third-order valence-corrected chi connectivity index (χ3v) is 3.59. The monoisotopic (exact) mass is 294 g/mol. The van der Waals surface area contributed by atoms with E-state index in [2.05, 4.69) is 28.9 Å². The number of anilines is 1. The Kier molecular flexibility index (Phi) is 4.98. The van der Waals surface area contributed by atoms with Gasteiger partial charge in [-0.1, -0.05) is 36.7 Å². The summed E-state index contributed by atoms with van der Waals surface area (Å²) in [4.78, 5) is 6.68. The van der Waals surface area contributed by atoms with Crippen LogP contribution in [-0.4, -0.2) is 34.7 Å². The molecule has 6 heteroatoms. The normalized spacial score (nSPS) is 11.2. The Morgan fingerprint density at radius 2 is 2.05 bits per heavy atom. The molecule has 1 heterocycles. The summed E-state index contributed by atoms with van der Waals surface area (Å²) < 4.78 is 5.27. The maximum atomic E-state index is 6.13. The van der Waals surface area contributed by atoms with Crippen LogP contribution in [-0.2, 0) is 6.42 Å². The summed E-state index contributed by atoms with van der Waals surface area (Å²) in [7, 11) is 0. The first kappa shape index (κ1) is 14.8. The van der Waals surface area contributed by atoms with E-state index in [0.717, 1.165) is 26.1 Å². The van der Waals surface area contributed by atoms with Crippen molar-refractivity contribution in [1.82, 2.24) is 15.0 Å². The Hall–Kier alpha value is -1.59. The standard InChI is InChI=1S/C14H19ClN4O/c1-3-19(4-2)9-8-12-17-14(20-18-12)13-10(15)6-5-7-11(13)16/h5-7H,3-4,8-9,16H2,1-2H3. The zero-order chi connectivity index (χ0) is 14.5. The molecule has 0 amide bonds. The summed E-state index contributed by atoms with van der Waals surface area (Å²) in [5.74, 6) is 1.05. The molecule has 5 nitrogen and oxygen atoms in total. The molecule has 0 saturated heterocycles. The smallest absolute Gasteiger partial charge is 0.261 e. The summed E-state index contributed by atoms with van der Waals surface area (Å²) in [5, 5.41) is 4.51. The van der Waals surface area contributed by atoms with Gasteiger partial charge in [-0.25, -0.2) is 0 Å². The average molecular weight is 295 g/mol. The van der Waals surface area contributed by atoms with Crippen molar-refractivity contribution >= 4 is 17.3 Å². The molecule has 20 heavy (non-hydrogen) atoms. The minimum atomic E-state index is 0.377. The number of nitrogen functional groups attached to an aromatic ring is 1. The predicted octanol–water partition coefficient (Wildman–Crippen LogP) is 2.86. The number of nitrogens with two attached hydrogens (primary N) is 1. The van der Waals surface area contributed by atoms with Crippen molar-refractivity contribution in [3.05, 3.63) is 29.0 Å². The van der Waals surface area contributed by atoms with Gasteiger partial charge in [-0.2, -0.15) is 4.98 Å². The van der Waals surface area contributed by atoms with Crippen LogP contribution in [0.15, 0.2) is 22.7 Å². The number of nitrogens with zero attached hydrogens (tertiary/aromatic N) is 3. The van der Waals surface area contributed by atoms with E-state index in [9.17, 15) is 0 Å². The number of rotatable bonds is 6. The lowest BCUT2D eigenvalue weighted by molar-refractivity contribution is 0.303. The van der Waals surface area contributed by atoms with E-state index in [1.165, 1.54) is 0 Å². The van der Waals surface area contributed by atoms with Crippen LogP contribution < -0.4 is 5.73 Å². The van der Waals surface area contributed by atoms with Gasteiger partial charge in [0.05, 0.1) is 10.6 Å². The minimum Gasteiger partial charge on any atom is -0.398 e. The van der Waals surface area contributed by atoms with Crippen molar-refractivity contribution in [3.8, 4) is 11.5 Å². The predicted molar refractivity (Wildman–Crippen MR) is 80.6 cm³/mol. The van der Waals surface area contributed by atoms with E-state index in [1.807, 2.05) is 0 Å². The number of halogens is 1. The van der Waals surface area contributed by atoms with Gasteiger partial charge >= 0.3 is 0 Å². The highest BCUT2D eigenvalue weighted by molar-refractivity contribution is 6.33. The van der Waals surface area contributed by atoms with Gasteiger partial charge in [-0.3, -0.25) is 0 Å². The molecule has 1 aromatic carbocycles. The van der Waals surface area contributed by atoms with Crippen molar-refractivity contribution in [1.29, 1.82) is 0 Å². The molecule has 0 radical (unpaired) electrons. The molecular weight excluding hydrogens is 276 g/mol. The van der Waals surface area contributed by atoms with Gasteiger partial charge in [0.15, 0.2) is 5.82 Å². The van der Waals surface area contributed by atoms with E-state index in [0.29, 0.717) is 28.0 Å². The lowest BCUT2D eigenvalue weighted by atomic mass is 10.2. The Bertz CT molecular complexity index is 546. The number of likely N-dealkylation sites (N-methyl/N-ethyl adjacent to an activating group) is 1. The first-order chi connectivity index (χ1) is 9.65. The van der Waals surface area contributed by atoms with Crippen molar-refractivity contribution in [2.75, 3.05) is 25.4 Å². The fourth-order valence-corrected chi connectivity index (χ4v) is 2.28. The summed E-state index contributed by atoms with van der Waals surface area (Å²) in [6.45, 7) is 7.20. The van der Waals surface area contributed by atoms with Gasteiger partial charge in [0.25, 0.3) is 5.89 Å². The molecule has 0 aliphatic rings. The highest BCUT2D eigenvalue weighted by atomic mass is 35.5. The molecular formula is C14H19ClN4O. The number of aromatic nitrogens is 2. The molecule has 0 saturated carbocycles. The molecule has 0 atom stereocenters. The quantitative estimate of drug-likeness (QED) is 0.830. The largest absolute Gasteiger partial charge is 0.398 e. The van der Waals surface area contributed by atoms with Crippen LogP contribution >= 0.6 is 11.6 Å². The van der Waals surface area contributed by atoms with Crippen LogP contribution in [0.2, 0.25) is 5.02 Å². The molecule has 108 valence electrons. The lowest BCUT2D eigenvalue weighted by Gasteiger charge is -2.16. The Morgan fingerprint density at radius 1 is 1.30 bits per heavy atom. The maximum Gasteiger partial charge on any atom is 0.261 e. The second-order valence-electron chi connectivity index (χ2n) is 4.50. The van der Waals surface area contributed by atoms with Crippen molar-refractivity contribution in [2.24, 2.45) is 0 Å². The fourth-order valence-electron chi connectivity index (χ4n) is 2.02. The minimum absolute atomic E-state index is 0.377. The summed E-state index contributed by atoms with van der Waals surface area (Å²) >= 11 is 6.13. The fraction of sp³-hybridized carbons (Fsp3) is 0.429. The average Bonchev–Trinajstić information content (AvgIpc) is 2.88. The van der Waals surface area contributed by atoms with E-state index in [-0.39, 0.29) is 0 Å². The third kappa shape index (κ3) is 3.29. The lowest BCUT2D eigenvalue weighted by Crippen LogP contribution is -2.25. The second-order valence-corrected chi connectivity index (χ2v) is 4.90. The molecule has 0 spiro atoms. The number of hydrogen-bond donors (Lipinski definition) is 1. The molecule has 0 unspecified atom stereocenters. The van der Waals surface area contributed by atoms with E-state index < -0.39 is 0 Å². The van der Waals surface area contributed by atoms with Gasteiger partial charge in [0.1, 0.15) is 0 Å². The molecule has 0 aliphatic carbocycles. The Labute approximate surface area is 123 Å². The maximum absolute atomic E-state index is 6.13. The molecule has 0 aliphatic heterocycles. The third-order valence-electron chi connectivity index (χ3n) is 3.27. The van der Waals surface area contributed by atoms with Crippen LogP contribution in [0, 0.1) is 0 Å². The summed E-state index contributed by atoms with van der Waals surface area (Å²) in [5.41, 5.74) is 7.05. The Balaban J connectivity index is 2.13. The van der Waals surface area contributed by atoms with Gasteiger partial charge in [-0.15, -0.1) is 0 Å². The van der Waals surface area contributed by atoms with Crippen LogP contribution in [0.1, 0.15) is 19.7 Å². The van der Waals surface area contributed by atoms with Crippen LogP contribution in [0.3, 0.4) is 0 Å². The van der Waals surface area contributed by atoms with Gasteiger partial charge in [-0.05, 0) is 25.2 Å². The van der Waals surface area contributed by atoms with E-state index in [4.69, 9.17) is 21.9 Å². The number of hydrogen-bond acceptors (Lipinski definition) is 5. The van der Waals surface area contributed by atoms with Gasteiger partial charge < -0.3 is 15.2 Å². The van der Waals surface area contributed by atoms with Crippen LogP contribution in [0.4, 0.5) is 5.69 Å². The first-order valence-electron chi connectivity index (χ1n) is 6.75. The highest BCUT2D eigenvalue weighted by Gasteiger charge is 2.15. The molecule has 0 bridgehead atoms. The Morgan fingerprint density at radius 3 is 2.70 bits per heavy atom. The van der Waals surface area contributed by atoms with E-state index >= 15 is 0 Å². The topological polar surface area (TPSA) is 68.2 Å². The van der Waals surface area contributed by atoms with Crippen molar-refractivity contribution in [2.45, 2.75) is 20.3 Å².